The predicted octanol–water partition coefficient (Wildman–Crippen LogP) is -0.772. The first-order valence-corrected chi connectivity index (χ1v) is 2.30. The minimum atomic E-state index is -1.71. The molecular formula is C5H9O3. The second kappa shape index (κ2) is 2.24. The molecule has 0 amide bonds. The average Bonchev–Trinajstić information content (AvgIpc) is 1.67. The lowest BCUT2D eigenvalue weighted by Crippen LogP contribution is -2.38. The molecule has 0 aromatic carbocycles. The Bertz CT molecular complexity index is 85.7. The van der Waals surface area contributed by atoms with Crippen molar-refractivity contribution >= 4 is 6.29 Å². The van der Waals surface area contributed by atoms with E-state index in [1.807, 2.05) is 0 Å². The van der Waals surface area contributed by atoms with E-state index in [9.17, 15) is 4.79 Å². The maximum absolute atomic E-state index is 9.73. The van der Waals surface area contributed by atoms with Crippen molar-refractivity contribution < 1.29 is 15.0 Å². The molecule has 0 rings (SSSR count). The summed E-state index contributed by atoms with van der Waals surface area (Å²) in [6.07, 6.45) is 0.241. The van der Waals surface area contributed by atoms with E-state index in [0.717, 1.165) is 0 Å². The van der Waals surface area contributed by atoms with Gasteiger partial charge in [-0.25, -0.2) is 0 Å². The van der Waals surface area contributed by atoms with Crippen molar-refractivity contribution in [2.24, 2.45) is 0 Å². The third kappa shape index (κ3) is 1.60. The molecule has 47 valence electrons. The highest BCUT2D eigenvalue weighted by atomic mass is 16.3. The van der Waals surface area contributed by atoms with E-state index in [0.29, 0.717) is 0 Å². The third-order valence-corrected chi connectivity index (χ3v) is 1.02. The van der Waals surface area contributed by atoms with Crippen LogP contribution in [-0.2, 0) is 4.79 Å². The molecule has 0 aliphatic carbocycles. The first-order chi connectivity index (χ1) is 3.50. The monoisotopic (exact) mass is 117 g/mol. The maximum Gasteiger partial charge on any atom is 0.235 e. The summed E-state index contributed by atoms with van der Waals surface area (Å²) in [6, 6.07) is 0. The van der Waals surface area contributed by atoms with Gasteiger partial charge in [-0.3, -0.25) is 4.79 Å². The fourth-order valence-electron chi connectivity index (χ4n) is 0.0853. The summed E-state index contributed by atoms with van der Waals surface area (Å²) in [5.74, 6) is 0. The van der Waals surface area contributed by atoms with Crippen LogP contribution in [-0.4, -0.2) is 28.2 Å². The van der Waals surface area contributed by atoms with Crippen LogP contribution in [0.3, 0.4) is 0 Å². The highest BCUT2D eigenvalue weighted by Crippen LogP contribution is 2.03. The lowest BCUT2D eigenvalue weighted by molar-refractivity contribution is -0.00157. The first kappa shape index (κ1) is 7.59. The van der Waals surface area contributed by atoms with Crippen molar-refractivity contribution in [3.63, 3.8) is 0 Å². The highest BCUT2D eigenvalue weighted by molar-refractivity contribution is 5.62. The van der Waals surface area contributed by atoms with Crippen LogP contribution in [0.2, 0.25) is 0 Å². The standard InChI is InChI=1S/C5H9O3/c1-4(7)5(2,8)3-6/h4,7-8H,1-2H3. The van der Waals surface area contributed by atoms with E-state index in [4.69, 9.17) is 10.2 Å². The van der Waals surface area contributed by atoms with Gasteiger partial charge in [0.05, 0.1) is 6.10 Å². The van der Waals surface area contributed by atoms with Crippen LogP contribution in [0.15, 0.2) is 0 Å². The van der Waals surface area contributed by atoms with Gasteiger partial charge in [0.25, 0.3) is 0 Å². The van der Waals surface area contributed by atoms with Gasteiger partial charge in [0.15, 0.2) is 5.60 Å². The van der Waals surface area contributed by atoms with Gasteiger partial charge >= 0.3 is 0 Å². The molecule has 0 fully saturated rings. The molecule has 0 saturated heterocycles. The molecule has 0 bridgehead atoms. The van der Waals surface area contributed by atoms with Gasteiger partial charge in [-0.15, -0.1) is 0 Å². The van der Waals surface area contributed by atoms with Crippen LogP contribution in [0.25, 0.3) is 0 Å². The fourth-order valence-corrected chi connectivity index (χ4v) is 0.0853. The summed E-state index contributed by atoms with van der Waals surface area (Å²) in [6.45, 7) is 2.52. The normalized spacial score (nSPS) is 21.5. The van der Waals surface area contributed by atoms with Gasteiger partial charge < -0.3 is 10.2 Å². The second-order valence-electron chi connectivity index (χ2n) is 1.93. The number of carbonyl (C=O) groups excluding carboxylic acids is 1. The summed E-state index contributed by atoms with van der Waals surface area (Å²) < 4.78 is 0. The Hall–Kier alpha value is -0.410. The van der Waals surface area contributed by atoms with Gasteiger partial charge in [-0.2, -0.15) is 0 Å². The van der Waals surface area contributed by atoms with Gasteiger partial charge in [0, 0.05) is 0 Å². The quantitative estimate of drug-likeness (QED) is 0.499. The SMILES string of the molecule is CC(O)C(C)(O)[C]=O. The van der Waals surface area contributed by atoms with Crippen molar-refractivity contribution in [1.29, 1.82) is 0 Å². The molecule has 2 N–H and O–H groups in total. The molecule has 3 heteroatoms. The second-order valence-corrected chi connectivity index (χ2v) is 1.93. The summed E-state index contributed by atoms with van der Waals surface area (Å²) in [5, 5.41) is 17.3. The van der Waals surface area contributed by atoms with Crippen LogP contribution >= 0.6 is 0 Å². The lowest BCUT2D eigenvalue weighted by atomic mass is 10.0. The zero-order valence-electron chi connectivity index (χ0n) is 4.88. The van der Waals surface area contributed by atoms with Gasteiger partial charge in [0.1, 0.15) is 0 Å². The fraction of sp³-hybridized carbons (Fsp3) is 0.800. The number of aliphatic hydroxyl groups excluding tert-OH is 1. The van der Waals surface area contributed by atoms with E-state index in [2.05, 4.69) is 0 Å². The van der Waals surface area contributed by atoms with Crippen LogP contribution in [0.5, 0.6) is 0 Å². The van der Waals surface area contributed by atoms with Crippen LogP contribution in [0.1, 0.15) is 13.8 Å². The van der Waals surface area contributed by atoms with E-state index in [1.165, 1.54) is 20.1 Å². The molecule has 0 aliphatic heterocycles. The largest absolute Gasteiger partial charge is 0.390 e. The van der Waals surface area contributed by atoms with E-state index in [1.54, 1.807) is 0 Å². The summed E-state index contributed by atoms with van der Waals surface area (Å²) in [4.78, 5) is 9.73. The predicted molar refractivity (Wildman–Crippen MR) is 28.0 cm³/mol. The Balaban J connectivity index is 3.90. The zero-order valence-corrected chi connectivity index (χ0v) is 4.88. The first-order valence-electron chi connectivity index (χ1n) is 2.30. The maximum atomic E-state index is 9.73. The van der Waals surface area contributed by atoms with Crippen LogP contribution in [0, 0.1) is 0 Å². The Morgan fingerprint density at radius 1 is 1.75 bits per heavy atom. The number of hydrogen-bond donors (Lipinski definition) is 2. The van der Waals surface area contributed by atoms with E-state index >= 15 is 0 Å². The highest BCUT2D eigenvalue weighted by Gasteiger charge is 2.26. The summed E-state index contributed by atoms with van der Waals surface area (Å²) >= 11 is 0. The van der Waals surface area contributed by atoms with Crippen molar-refractivity contribution in [2.45, 2.75) is 25.6 Å². The molecule has 1 radical (unpaired) electrons. The zero-order chi connectivity index (χ0) is 6.78. The van der Waals surface area contributed by atoms with Crippen molar-refractivity contribution in [2.75, 3.05) is 0 Å². The Morgan fingerprint density at radius 3 is 2.12 bits per heavy atom. The minimum Gasteiger partial charge on any atom is -0.390 e. The number of aliphatic hydroxyl groups is 2. The lowest BCUT2D eigenvalue weighted by Gasteiger charge is -2.16. The van der Waals surface area contributed by atoms with Crippen LogP contribution < -0.4 is 0 Å². The van der Waals surface area contributed by atoms with Gasteiger partial charge in [-0.05, 0) is 13.8 Å². The minimum absolute atomic E-state index is 1.06. The molecule has 0 aliphatic rings. The number of rotatable bonds is 2. The molecule has 0 spiro atoms. The topological polar surface area (TPSA) is 57.5 Å². The molecule has 3 nitrogen and oxygen atoms in total. The molecule has 2 unspecified atom stereocenters. The van der Waals surface area contributed by atoms with E-state index in [-0.39, 0.29) is 0 Å². The molecule has 0 heterocycles. The summed E-state index contributed by atoms with van der Waals surface area (Å²) in [5.41, 5.74) is -1.71. The molecule has 0 saturated carbocycles. The smallest absolute Gasteiger partial charge is 0.235 e. The van der Waals surface area contributed by atoms with Crippen molar-refractivity contribution in [3.8, 4) is 0 Å². The molecular weight excluding hydrogens is 108 g/mol. The van der Waals surface area contributed by atoms with Crippen molar-refractivity contribution in [1.82, 2.24) is 0 Å². The molecule has 0 aromatic heterocycles. The Kier molecular flexibility index (Phi) is 2.12. The van der Waals surface area contributed by atoms with Gasteiger partial charge in [0.2, 0.25) is 6.29 Å². The van der Waals surface area contributed by atoms with Crippen molar-refractivity contribution in [3.05, 3.63) is 0 Å². The number of hydrogen-bond acceptors (Lipinski definition) is 3. The summed E-state index contributed by atoms with van der Waals surface area (Å²) in [7, 11) is 0. The molecule has 2 atom stereocenters. The van der Waals surface area contributed by atoms with Crippen LogP contribution in [0.4, 0.5) is 0 Å². The Morgan fingerprint density at radius 2 is 2.12 bits per heavy atom. The average molecular weight is 117 g/mol. The van der Waals surface area contributed by atoms with Gasteiger partial charge in [-0.1, -0.05) is 0 Å². The molecule has 8 heavy (non-hydrogen) atoms. The third-order valence-electron chi connectivity index (χ3n) is 1.02. The Labute approximate surface area is 47.9 Å². The molecule has 0 aromatic rings. The van der Waals surface area contributed by atoms with E-state index < -0.39 is 11.7 Å².